The van der Waals surface area contributed by atoms with Crippen LogP contribution in [-0.4, -0.2) is 28.6 Å². The number of hydrogen-bond acceptors (Lipinski definition) is 5. The van der Waals surface area contributed by atoms with E-state index in [1.54, 1.807) is 11.0 Å². The summed E-state index contributed by atoms with van der Waals surface area (Å²) < 4.78 is 13.8. The first kappa shape index (κ1) is 19.2. The molecule has 1 fully saturated rings. The summed E-state index contributed by atoms with van der Waals surface area (Å²) in [4.78, 5) is 26.6. The number of nitrogens with one attached hydrogen (secondary N) is 1. The van der Waals surface area contributed by atoms with Gasteiger partial charge in [-0.1, -0.05) is 29.5 Å². The monoisotopic (exact) mass is 410 g/mol. The summed E-state index contributed by atoms with van der Waals surface area (Å²) in [5, 5.41) is 11.7. The summed E-state index contributed by atoms with van der Waals surface area (Å²) >= 11 is 1.21. The minimum Gasteiger partial charge on any atom is -0.312 e. The number of aryl methyl sites for hydroxylation is 2. The predicted molar refractivity (Wildman–Crippen MR) is 110 cm³/mol. The van der Waals surface area contributed by atoms with Gasteiger partial charge < -0.3 is 4.90 Å². The second-order valence-corrected chi connectivity index (χ2v) is 8.14. The molecule has 3 aromatic rings. The third-order valence-corrected chi connectivity index (χ3v) is 5.77. The summed E-state index contributed by atoms with van der Waals surface area (Å²) in [5.41, 5.74) is 3.03. The quantitative estimate of drug-likeness (QED) is 0.704. The highest BCUT2D eigenvalue weighted by atomic mass is 32.1. The number of amides is 2. The lowest BCUT2D eigenvalue weighted by Gasteiger charge is -2.17. The molecule has 4 rings (SSSR count). The van der Waals surface area contributed by atoms with Crippen molar-refractivity contribution in [2.24, 2.45) is 0 Å². The van der Waals surface area contributed by atoms with Gasteiger partial charge in [-0.05, 0) is 49.2 Å². The molecule has 2 heterocycles. The van der Waals surface area contributed by atoms with E-state index in [1.807, 2.05) is 26.0 Å². The fourth-order valence-corrected chi connectivity index (χ4v) is 4.32. The lowest BCUT2D eigenvalue weighted by molar-refractivity contribution is -0.117. The lowest BCUT2D eigenvalue weighted by Crippen LogP contribution is -2.24. The van der Waals surface area contributed by atoms with E-state index in [9.17, 15) is 14.0 Å². The Kier molecular flexibility index (Phi) is 5.10. The van der Waals surface area contributed by atoms with E-state index in [0.717, 1.165) is 16.8 Å². The fourth-order valence-electron chi connectivity index (χ4n) is 3.49. The molecule has 8 heteroatoms. The maximum Gasteiger partial charge on any atom is 0.260 e. The zero-order chi connectivity index (χ0) is 20.5. The molecule has 0 spiro atoms. The Hall–Kier alpha value is -3.13. The number of carbonyl (C=O) groups is 2. The number of halogens is 1. The van der Waals surface area contributed by atoms with Gasteiger partial charge in [0, 0.05) is 24.6 Å². The molecule has 1 aliphatic rings. The number of carbonyl (C=O) groups excluding carboxylic acids is 2. The summed E-state index contributed by atoms with van der Waals surface area (Å²) in [6.45, 7) is 4.52. The zero-order valence-corrected chi connectivity index (χ0v) is 16.8. The van der Waals surface area contributed by atoms with Gasteiger partial charge in [0.25, 0.3) is 5.91 Å². The Labute approximate surface area is 171 Å². The molecular formula is C21H19FN4O2S. The van der Waals surface area contributed by atoms with Crippen molar-refractivity contribution in [1.82, 2.24) is 10.2 Å². The van der Waals surface area contributed by atoms with Crippen LogP contribution in [0.25, 0.3) is 0 Å². The van der Waals surface area contributed by atoms with Gasteiger partial charge in [-0.2, -0.15) is 0 Å². The maximum absolute atomic E-state index is 13.8. The van der Waals surface area contributed by atoms with Crippen LogP contribution >= 0.6 is 11.3 Å². The average Bonchev–Trinajstić information content (AvgIpc) is 3.27. The summed E-state index contributed by atoms with van der Waals surface area (Å²) in [6, 6.07) is 11.8. The first-order valence-electron chi connectivity index (χ1n) is 9.18. The van der Waals surface area contributed by atoms with Crippen molar-refractivity contribution in [2.75, 3.05) is 16.8 Å². The molecule has 1 N–H and O–H groups in total. The first-order chi connectivity index (χ1) is 13.9. The van der Waals surface area contributed by atoms with Crippen LogP contribution in [0.3, 0.4) is 0 Å². The van der Waals surface area contributed by atoms with Gasteiger partial charge in [0.05, 0.1) is 5.56 Å². The molecule has 0 bridgehead atoms. The van der Waals surface area contributed by atoms with Crippen LogP contribution in [0.4, 0.5) is 15.2 Å². The van der Waals surface area contributed by atoms with Crippen molar-refractivity contribution < 1.29 is 14.0 Å². The molecular weight excluding hydrogens is 391 g/mol. The van der Waals surface area contributed by atoms with Crippen LogP contribution in [0, 0.1) is 19.7 Å². The fraction of sp³-hybridized carbons (Fsp3) is 0.238. The number of hydrogen-bond donors (Lipinski definition) is 1. The SMILES string of the molecule is Cc1cc(C)cc(N2C[C@@H](c3nnc(NC(=O)c4ccccc4F)s3)CC2=O)c1. The molecule has 1 aliphatic heterocycles. The summed E-state index contributed by atoms with van der Waals surface area (Å²) in [7, 11) is 0. The molecule has 1 saturated heterocycles. The third-order valence-electron chi connectivity index (χ3n) is 4.77. The van der Waals surface area contributed by atoms with Crippen LogP contribution in [-0.2, 0) is 4.79 Å². The van der Waals surface area contributed by atoms with Crippen molar-refractivity contribution in [3.63, 3.8) is 0 Å². The van der Waals surface area contributed by atoms with E-state index >= 15 is 0 Å². The Morgan fingerprint density at radius 2 is 1.90 bits per heavy atom. The van der Waals surface area contributed by atoms with E-state index in [1.165, 1.54) is 29.5 Å². The predicted octanol–water partition coefficient (Wildman–Crippen LogP) is 4.07. The molecule has 1 atom stereocenters. The van der Waals surface area contributed by atoms with Crippen molar-refractivity contribution >= 4 is 34.0 Å². The van der Waals surface area contributed by atoms with Gasteiger partial charge in [0.2, 0.25) is 11.0 Å². The van der Waals surface area contributed by atoms with Crippen LogP contribution in [0.1, 0.15) is 38.8 Å². The van der Waals surface area contributed by atoms with Crippen molar-refractivity contribution in [3.8, 4) is 0 Å². The molecule has 29 heavy (non-hydrogen) atoms. The highest BCUT2D eigenvalue weighted by molar-refractivity contribution is 7.15. The molecule has 2 aromatic carbocycles. The van der Waals surface area contributed by atoms with Gasteiger partial charge in [0.15, 0.2) is 0 Å². The standard InChI is InChI=1S/C21H19FN4O2S/c1-12-7-13(2)9-15(8-12)26-11-14(10-18(26)27)20-24-25-21(29-20)23-19(28)16-5-3-4-6-17(16)22/h3-9,14H,10-11H2,1-2H3,(H,23,25,28)/t14-/m0/s1. The lowest BCUT2D eigenvalue weighted by atomic mass is 10.1. The van der Waals surface area contributed by atoms with Crippen LogP contribution in [0.5, 0.6) is 0 Å². The maximum atomic E-state index is 13.8. The molecule has 0 saturated carbocycles. The minimum absolute atomic E-state index is 0.0344. The number of nitrogens with zero attached hydrogens (tertiary/aromatic N) is 3. The molecule has 0 radical (unpaired) electrons. The summed E-state index contributed by atoms with van der Waals surface area (Å²) in [5.74, 6) is -1.24. The first-order valence-corrected chi connectivity index (χ1v) is 10.0. The second-order valence-electron chi connectivity index (χ2n) is 7.13. The van der Waals surface area contributed by atoms with Gasteiger partial charge in [-0.3, -0.25) is 14.9 Å². The zero-order valence-electron chi connectivity index (χ0n) is 16.0. The second kappa shape index (κ2) is 7.71. The summed E-state index contributed by atoms with van der Waals surface area (Å²) in [6.07, 6.45) is 0.336. The van der Waals surface area contributed by atoms with Gasteiger partial charge >= 0.3 is 0 Å². The van der Waals surface area contributed by atoms with Gasteiger partial charge in [-0.25, -0.2) is 4.39 Å². The Morgan fingerprint density at radius 3 is 2.62 bits per heavy atom. The van der Waals surface area contributed by atoms with Gasteiger partial charge in [-0.15, -0.1) is 10.2 Å². The van der Waals surface area contributed by atoms with Crippen LogP contribution in [0.2, 0.25) is 0 Å². The Bertz CT molecular complexity index is 1080. The number of aromatic nitrogens is 2. The topological polar surface area (TPSA) is 75.2 Å². The molecule has 6 nitrogen and oxygen atoms in total. The van der Waals surface area contributed by atoms with E-state index < -0.39 is 11.7 Å². The van der Waals surface area contributed by atoms with Crippen molar-refractivity contribution in [2.45, 2.75) is 26.2 Å². The highest BCUT2D eigenvalue weighted by Crippen LogP contribution is 2.35. The minimum atomic E-state index is -0.597. The largest absolute Gasteiger partial charge is 0.312 e. The third kappa shape index (κ3) is 4.02. The van der Waals surface area contributed by atoms with E-state index in [0.29, 0.717) is 18.0 Å². The highest BCUT2D eigenvalue weighted by Gasteiger charge is 2.34. The Morgan fingerprint density at radius 1 is 1.17 bits per heavy atom. The number of rotatable bonds is 4. The van der Waals surface area contributed by atoms with Crippen LogP contribution in [0.15, 0.2) is 42.5 Å². The van der Waals surface area contributed by atoms with Crippen molar-refractivity contribution in [1.29, 1.82) is 0 Å². The normalized spacial score (nSPS) is 16.3. The smallest absolute Gasteiger partial charge is 0.260 e. The number of anilines is 2. The molecule has 0 aliphatic carbocycles. The van der Waals surface area contributed by atoms with E-state index in [-0.39, 0.29) is 22.5 Å². The van der Waals surface area contributed by atoms with Crippen LogP contribution < -0.4 is 10.2 Å². The molecule has 1 aromatic heterocycles. The number of benzene rings is 2. The van der Waals surface area contributed by atoms with E-state index in [2.05, 4.69) is 21.6 Å². The molecule has 148 valence electrons. The Balaban J connectivity index is 1.48. The van der Waals surface area contributed by atoms with Crippen molar-refractivity contribution in [3.05, 3.63) is 70.0 Å². The molecule has 0 unspecified atom stereocenters. The average molecular weight is 410 g/mol. The molecule has 2 amide bonds. The van der Waals surface area contributed by atoms with Gasteiger partial charge in [0.1, 0.15) is 10.8 Å². The van der Waals surface area contributed by atoms with E-state index in [4.69, 9.17) is 0 Å².